The summed E-state index contributed by atoms with van der Waals surface area (Å²) in [6.45, 7) is 6.25. The Morgan fingerprint density at radius 1 is 1.44 bits per heavy atom. The number of nitrogens with two attached hydrogens (primary N) is 1. The first-order chi connectivity index (χ1) is 12.1. The lowest BCUT2D eigenvalue weighted by Gasteiger charge is -2.25. The lowest BCUT2D eigenvalue weighted by Crippen LogP contribution is -2.48. The molecule has 1 aliphatic rings. The fourth-order valence-electron chi connectivity index (χ4n) is 3.46. The third kappa shape index (κ3) is 2.93. The summed E-state index contributed by atoms with van der Waals surface area (Å²) < 4.78 is 5.08. The van der Waals surface area contributed by atoms with Crippen molar-refractivity contribution in [1.82, 2.24) is 20.1 Å². The number of anilines is 2. The zero-order valence-electron chi connectivity index (χ0n) is 14.5. The fraction of sp³-hybridized carbons (Fsp3) is 0.471. The van der Waals surface area contributed by atoms with Crippen molar-refractivity contribution >= 4 is 22.7 Å². The summed E-state index contributed by atoms with van der Waals surface area (Å²) in [4.78, 5) is 14.4. The Morgan fingerprint density at radius 2 is 2.32 bits per heavy atom. The van der Waals surface area contributed by atoms with Crippen LogP contribution in [0.1, 0.15) is 24.7 Å². The maximum Gasteiger partial charge on any atom is 0.169 e. The molecule has 1 aliphatic heterocycles. The molecule has 1 saturated heterocycles. The van der Waals surface area contributed by atoms with Gasteiger partial charge in [0, 0.05) is 31.9 Å². The highest BCUT2D eigenvalue weighted by molar-refractivity contribution is 5.91. The van der Waals surface area contributed by atoms with E-state index in [0.29, 0.717) is 6.54 Å². The molecule has 0 aliphatic carbocycles. The van der Waals surface area contributed by atoms with Crippen LogP contribution in [0.3, 0.4) is 0 Å². The van der Waals surface area contributed by atoms with Gasteiger partial charge >= 0.3 is 0 Å². The smallest absolute Gasteiger partial charge is 0.169 e. The molecular weight excluding hydrogens is 318 g/mol. The van der Waals surface area contributed by atoms with E-state index in [1.807, 2.05) is 19.2 Å². The molecule has 132 valence electrons. The van der Waals surface area contributed by atoms with E-state index >= 15 is 0 Å². The highest BCUT2D eigenvalue weighted by atomic mass is 16.5. The summed E-state index contributed by atoms with van der Waals surface area (Å²) in [6.07, 6.45) is 5.45. The molecule has 0 amide bonds. The molecule has 4 rings (SSSR count). The normalized spacial score (nSPS) is 20.5. The van der Waals surface area contributed by atoms with E-state index in [0.717, 1.165) is 54.4 Å². The molecule has 0 radical (unpaired) electrons. The third-order valence-electron chi connectivity index (χ3n) is 4.85. The monoisotopic (exact) mass is 341 g/mol. The molecule has 0 spiro atoms. The summed E-state index contributed by atoms with van der Waals surface area (Å²) in [7, 11) is 0. The van der Waals surface area contributed by atoms with Crippen molar-refractivity contribution in [2.24, 2.45) is 5.73 Å². The van der Waals surface area contributed by atoms with Gasteiger partial charge in [0.05, 0.1) is 10.9 Å². The number of rotatable bonds is 5. The quantitative estimate of drug-likeness (QED) is 0.649. The molecule has 1 fully saturated rings. The van der Waals surface area contributed by atoms with Crippen molar-refractivity contribution in [3.63, 3.8) is 0 Å². The Morgan fingerprint density at radius 3 is 3.08 bits per heavy atom. The van der Waals surface area contributed by atoms with E-state index in [-0.39, 0.29) is 5.54 Å². The van der Waals surface area contributed by atoms with E-state index < -0.39 is 0 Å². The molecule has 0 saturated carbocycles. The van der Waals surface area contributed by atoms with Crippen LogP contribution >= 0.6 is 0 Å². The van der Waals surface area contributed by atoms with E-state index in [9.17, 15) is 0 Å². The largest absolute Gasteiger partial charge is 0.365 e. The first-order valence-corrected chi connectivity index (χ1v) is 8.60. The molecule has 4 heterocycles. The summed E-state index contributed by atoms with van der Waals surface area (Å²) >= 11 is 0. The van der Waals surface area contributed by atoms with Gasteiger partial charge in [0.15, 0.2) is 5.82 Å². The van der Waals surface area contributed by atoms with Gasteiger partial charge in [-0.2, -0.15) is 0 Å². The summed E-state index contributed by atoms with van der Waals surface area (Å²) in [5, 5.41) is 8.35. The van der Waals surface area contributed by atoms with Crippen molar-refractivity contribution < 1.29 is 4.52 Å². The van der Waals surface area contributed by atoms with Crippen LogP contribution in [0.2, 0.25) is 0 Å². The molecule has 0 aromatic carbocycles. The van der Waals surface area contributed by atoms with Crippen molar-refractivity contribution in [1.29, 1.82) is 0 Å². The average Bonchev–Trinajstić information content (AvgIpc) is 3.31. The topological polar surface area (TPSA) is 109 Å². The zero-order valence-corrected chi connectivity index (χ0v) is 14.5. The lowest BCUT2D eigenvalue weighted by molar-refractivity contribution is 0.398. The first-order valence-electron chi connectivity index (χ1n) is 8.60. The van der Waals surface area contributed by atoms with Crippen LogP contribution < -0.4 is 16.0 Å². The number of aromatic nitrogens is 4. The number of fused-ring (bicyclic) bond motifs is 1. The van der Waals surface area contributed by atoms with E-state index in [1.165, 1.54) is 5.56 Å². The molecule has 25 heavy (non-hydrogen) atoms. The number of H-pyrrole nitrogens is 1. The van der Waals surface area contributed by atoms with Crippen molar-refractivity contribution in [3.05, 3.63) is 29.9 Å². The highest BCUT2D eigenvalue weighted by Crippen LogP contribution is 2.31. The van der Waals surface area contributed by atoms with Gasteiger partial charge in [0.1, 0.15) is 23.6 Å². The van der Waals surface area contributed by atoms with Crippen molar-refractivity contribution in [2.45, 2.75) is 32.2 Å². The van der Waals surface area contributed by atoms with Gasteiger partial charge in [-0.1, -0.05) is 12.1 Å². The minimum atomic E-state index is -0.340. The van der Waals surface area contributed by atoms with Gasteiger partial charge in [0.25, 0.3) is 0 Å². The number of nitrogens with one attached hydrogen (secondary N) is 2. The summed E-state index contributed by atoms with van der Waals surface area (Å²) in [5.41, 5.74) is 8.39. The van der Waals surface area contributed by atoms with Crippen LogP contribution in [0.5, 0.6) is 0 Å². The Balaban J connectivity index is 1.53. The molecule has 8 nitrogen and oxygen atoms in total. The standard InChI is InChI=1S/C17H23N7O/c1-3-12-7-19-15-14(12)16(22-10-21-15)24-5-4-17(18,9-24)8-20-13-6-11(2)25-23-13/h6-7,10H,3-5,8-9,18H2,1-2H3,(H,20,23)(H,19,21,22). The second-order valence-electron chi connectivity index (χ2n) is 6.80. The molecular formula is C17H23N7O. The van der Waals surface area contributed by atoms with E-state index in [2.05, 4.69) is 37.2 Å². The minimum absolute atomic E-state index is 0.340. The van der Waals surface area contributed by atoms with Crippen LogP contribution in [0.4, 0.5) is 11.6 Å². The molecule has 4 N–H and O–H groups in total. The molecule has 8 heteroatoms. The number of aryl methyl sites for hydroxylation is 2. The maximum atomic E-state index is 6.62. The van der Waals surface area contributed by atoms with Crippen LogP contribution in [0.25, 0.3) is 11.0 Å². The highest BCUT2D eigenvalue weighted by Gasteiger charge is 2.36. The summed E-state index contributed by atoms with van der Waals surface area (Å²) in [5.74, 6) is 2.47. The third-order valence-corrected chi connectivity index (χ3v) is 4.85. The maximum absolute atomic E-state index is 6.62. The second kappa shape index (κ2) is 6.03. The molecule has 3 aromatic heterocycles. The molecule has 3 aromatic rings. The van der Waals surface area contributed by atoms with Crippen LogP contribution in [0, 0.1) is 6.92 Å². The zero-order chi connectivity index (χ0) is 17.4. The molecule has 0 bridgehead atoms. The average molecular weight is 341 g/mol. The Hall–Kier alpha value is -2.61. The number of hydrogen-bond acceptors (Lipinski definition) is 7. The predicted octanol–water partition coefficient (Wildman–Crippen LogP) is 1.84. The van der Waals surface area contributed by atoms with Gasteiger partial charge in [0.2, 0.25) is 0 Å². The van der Waals surface area contributed by atoms with Gasteiger partial charge < -0.3 is 25.5 Å². The van der Waals surface area contributed by atoms with Gasteiger partial charge in [-0.25, -0.2) is 9.97 Å². The van der Waals surface area contributed by atoms with Gasteiger partial charge in [-0.15, -0.1) is 0 Å². The Kier molecular flexibility index (Phi) is 3.84. The molecule has 1 unspecified atom stereocenters. The van der Waals surface area contributed by atoms with Crippen LogP contribution in [-0.4, -0.2) is 45.3 Å². The summed E-state index contributed by atoms with van der Waals surface area (Å²) in [6, 6.07) is 1.87. The van der Waals surface area contributed by atoms with Crippen molar-refractivity contribution in [3.8, 4) is 0 Å². The number of hydrogen-bond donors (Lipinski definition) is 3. The second-order valence-corrected chi connectivity index (χ2v) is 6.80. The Bertz CT molecular complexity index is 886. The van der Waals surface area contributed by atoms with E-state index in [1.54, 1.807) is 6.33 Å². The van der Waals surface area contributed by atoms with Crippen molar-refractivity contribution in [2.75, 3.05) is 29.9 Å². The first kappa shape index (κ1) is 15.9. The lowest BCUT2D eigenvalue weighted by atomic mass is 10.0. The van der Waals surface area contributed by atoms with Gasteiger partial charge in [-0.05, 0) is 25.3 Å². The fourth-order valence-corrected chi connectivity index (χ4v) is 3.46. The Labute approximate surface area is 145 Å². The van der Waals surface area contributed by atoms with Gasteiger partial charge in [-0.3, -0.25) is 0 Å². The number of aromatic amines is 1. The van der Waals surface area contributed by atoms with E-state index in [4.69, 9.17) is 10.3 Å². The molecule has 1 atom stereocenters. The minimum Gasteiger partial charge on any atom is -0.365 e. The van der Waals surface area contributed by atoms with Crippen LogP contribution in [0.15, 0.2) is 23.1 Å². The SMILES string of the molecule is CCc1c[nH]c2ncnc(N3CCC(N)(CNc4cc(C)on4)C3)c12. The number of nitrogens with zero attached hydrogens (tertiary/aromatic N) is 4. The predicted molar refractivity (Wildman–Crippen MR) is 96.7 cm³/mol. The van der Waals surface area contributed by atoms with Crippen LogP contribution in [-0.2, 0) is 6.42 Å².